The van der Waals surface area contributed by atoms with Gasteiger partial charge in [0.2, 0.25) is 0 Å². The number of hydrogen-bond acceptors (Lipinski definition) is 5. The molecule has 0 radical (unpaired) electrons. The third kappa shape index (κ3) is 3.91. The number of nitrogens with zero attached hydrogens (tertiary/aromatic N) is 3. The van der Waals surface area contributed by atoms with Gasteiger partial charge in [0.05, 0.1) is 11.4 Å². The van der Waals surface area contributed by atoms with Gasteiger partial charge in [-0.15, -0.1) is 11.3 Å². The zero-order valence-corrected chi connectivity index (χ0v) is 16.9. The third-order valence-electron chi connectivity index (χ3n) is 4.68. The van der Waals surface area contributed by atoms with Crippen molar-refractivity contribution >= 4 is 27.5 Å². The fraction of sp³-hybridized carbons (Fsp3) is 0.174. The molecular formula is C23H19N3O2S. The number of nitriles is 1. The van der Waals surface area contributed by atoms with Gasteiger partial charge in [-0.05, 0) is 37.6 Å². The van der Waals surface area contributed by atoms with Crippen molar-refractivity contribution in [1.29, 1.82) is 5.26 Å². The standard InChI is InChI=1S/C23H19N3O2S/c1-15-8-10-17(11-9-15)12-19(14-24)28-23(27)21-13-20-16(2)25-26(22(20)29-21)18-6-4-3-5-7-18/h3-11,13,19H,12H2,1-2H3/t19-/m0/s1. The fourth-order valence-corrected chi connectivity index (χ4v) is 4.20. The molecule has 0 saturated carbocycles. The number of benzene rings is 2. The second-order valence-corrected chi connectivity index (χ2v) is 7.91. The Balaban J connectivity index is 1.57. The van der Waals surface area contributed by atoms with Crippen LogP contribution in [0.1, 0.15) is 26.5 Å². The Kier molecular flexibility index (Phi) is 5.15. The fourth-order valence-electron chi connectivity index (χ4n) is 3.13. The lowest BCUT2D eigenvalue weighted by Crippen LogP contribution is -2.18. The van der Waals surface area contributed by atoms with E-state index in [0.717, 1.165) is 32.7 Å². The van der Waals surface area contributed by atoms with Crippen LogP contribution < -0.4 is 0 Å². The van der Waals surface area contributed by atoms with Gasteiger partial charge in [-0.3, -0.25) is 0 Å². The number of ether oxygens (including phenoxy) is 1. The summed E-state index contributed by atoms with van der Waals surface area (Å²) in [5.41, 5.74) is 3.88. The topological polar surface area (TPSA) is 67.9 Å². The summed E-state index contributed by atoms with van der Waals surface area (Å²) in [7, 11) is 0. The van der Waals surface area contributed by atoms with Gasteiger partial charge in [0.1, 0.15) is 15.8 Å². The van der Waals surface area contributed by atoms with E-state index in [1.165, 1.54) is 11.3 Å². The van der Waals surface area contributed by atoms with Crippen molar-refractivity contribution < 1.29 is 9.53 Å². The molecule has 5 nitrogen and oxygen atoms in total. The summed E-state index contributed by atoms with van der Waals surface area (Å²) in [6, 6.07) is 21.5. The van der Waals surface area contributed by atoms with Crippen LogP contribution in [0.15, 0.2) is 60.7 Å². The van der Waals surface area contributed by atoms with Crippen molar-refractivity contribution in [3.63, 3.8) is 0 Å². The van der Waals surface area contributed by atoms with Crippen LogP contribution in [-0.4, -0.2) is 21.9 Å². The van der Waals surface area contributed by atoms with E-state index in [1.54, 1.807) is 6.07 Å². The van der Waals surface area contributed by atoms with Crippen molar-refractivity contribution in [3.05, 3.63) is 82.4 Å². The molecule has 0 aliphatic carbocycles. The summed E-state index contributed by atoms with van der Waals surface area (Å²) in [6.45, 7) is 3.92. The van der Waals surface area contributed by atoms with Gasteiger partial charge in [0, 0.05) is 11.8 Å². The van der Waals surface area contributed by atoms with Gasteiger partial charge in [0.25, 0.3) is 0 Å². The predicted molar refractivity (Wildman–Crippen MR) is 113 cm³/mol. The summed E-state index contributed by atoms with van der Waals surface area (Å²) in [5, 5.41) is 14.9. The molecule has 0 spiro atoms. The highest BCUT2D eigenvalue weighted by atomic mass is 32.1. The number of aromatic nitrogens is 2. The molecule has 0 aliphatic rings. The van der Waals surface area contributed by atoms with Crippen molar-refractivity contribution in [2.75, 3.05) is 0 Å². The van der Waals surface area contributed by atoms with Gasteiger partial charge in [-0.1, -0.05) is 48.0 Å². The average Bonchev–Trinajstić information content (AvgIpc) is 3.30. The molecule has 0 unspecified atom stereocenters. The van der Waals surface area contributed by atoms with Crippen LogP contribution in [0.5, 0.6) is 0 Å². The Labute approximate surface area is 172 Å². The molecule has 144 valence electrons. The second-order valence-electron chi connectivity index (χ2n) is 6.88. The van der Waals surface area contributed by atoms with Crippen molar-refractivity contribution in [3.8, 4) is 11.8 Å². The summed E-state index contributed by atoms with van der Waals surface area (Å²) < 4.78 is 7.32. The van der Waals surface area contributed by atoms with Crippen LogP contribution >= 0.6 is 11.3 Å². The van der Waals surface area contributed by atoms with E-state index in [2.05, 4.69) is 11.2 Å². The number of para-hydroxylation sites is 1. The average molecular weight is 401 g/mol. The summed E-state index contributed by atoms with van der Waals surface area (Å²) >= 11 is 1.32. The normalized spacial score (nSPS) is 11.9. The molecule has 0 N–H and O–H groups in total. The van der Waals surface area contributed by atoms with Gasteiger partial charge >= 0.3 is 5.97 Å². The lowest BCUT2D eigenvalue weighted by Gasteiger charge is -2.10. The zero-order chi connectivity index (χ0) is 20.4. The summed E-state index contributed by atoms with van der Waals surface area (Å²) in [5.74, 6) is -0.483. The largest absolute Gasteiger partial charge is 0.442 e. The van der Waals surface area contributed by atoms with Crippen LogP contribution in [0.4, 0.5) is 0 Å². The van der Waals surface area contributed by atoms with E-state index in [-0.39, 0.29) is 0 Å². The smallest absolute Gasteiger partial charge is 0.349 e. The Morgan fingerprint density at radius 1 is 1.17 bits per heavy atom. The molecule has 0 fully saturated rings. The van der Waals surface area contributed by atoms with Crippen molar-refractivity contribution in [2.45, 2.75) is 26.4 Å². The van der Waals surface area contributed by atoms with Gasteiger partial charge in [-0.25, -0.2) is 9.48 Å². The molecular weight excluding hydrogens is 382 g/mol. The highest BCUT2D eigenvalue weighted by Crippen LogP contribution is 2.31. The minimum atomic E-state index is -0.831. The van der Waals surface area contributed by atoms with Crippen LogP contribution in [0.25, 0.3) is 15.9 Å². The third-order valence-corrected chi connectivity index (χ3v) is 5.77. The molecule has 0 bridgehead atoms. The minimum absolute atomic E-state index is 0.365. The molecule has 4 aromatic rings. The van der Waals surface area contributed by atoms with E-state index in [0.29, 0.717) is 11.3 Å². The van der Waals surface area contributed by atoms with Crippen LogP contribution in [0.3, 0.4) is 0 Å². The summed E-state index contributed by atoms with van der Waals surface area (Å²) in [6.07, 6.45) is -0.466. The molecule has 29 heavy (non-hydrogen) atoms. The van der Waals surface area contributed by atoms with Crippen molar-refractivity contribution in [2.24, 2.45) is 0 Å². The highest BCUT2D eigenvalue weighted by molar-refractivity contribution is 7.20. The van der Waals surface area contributed by atoms with Crippen LogP contribution in [-0.2, 0) is 11.2 Å². The monoisotopic (exact) mass is 401 g/mol. The number of aryl methyl sites for hydroxylation is 2. The maximum atomic E-state index is 12.7. The quantitative estimate of drug-likeness (QED) is 0.442. The highest BCUT2D eigenvalue weighted by Gasteiger charge is 2.21. The number of esters is 1. The SMILES string of the molecule is Cc1ccc(C[C@@H](C#N)OC(=O)c2cc3c(C)nn(-c4ccccc4)c3s2)cc1. The Morgan fingerprint density at radius 3 is 2.59 bits per heavy atom. The number of carbonyl (C=O) groups excluding carboxylic acids is 1. The first-order valence-corrected chi connectivity index (χ1v) is 10.1. The molecule has 0 amide bonds. The molecule has 2 heterocycles. The van der Waals surface area contributed by atoms with Gasteiger partial charge < -0.3 is 4.74 Å². The van der Waals surface area contributed by atoms with Gasteiger partial charge in [-0.2, -0.15) is 10.4 Å². The molecule has 6 heteroatoms. The second kappa shape index (κ2) is 7.90. The van der Waals surface area contributed by atoms with E-state index < -0.39 is 12.1 Å². The lowest BCUT2D eigenvalue weighted by atomic mass is 10.1. The first kappa shape index (κ1) is 18.9. The number of hydrogen-bond donors (Lipinski definition) is 0. The van der Waals surface area contributed by atoms with Crippen molar-refractivity contribution in [1.82, 2.24) is 9.78 Å². The lowest BCUT2D eigenvalue weighted by molar-refractivity contribution is 0.0414. The molecule has 1 atom stereocenters. The Morgan fingerprint density at radius 2 is 1.90 bits per heavy atom. The zero-order valence-electron chi connectivity index (χ0n) is 16.1. The molecule has 0 saturated heterocycles. The Hall–Kier alpha value is -3.43. The molecule has 0 aliphatic heterocycles. The summed E-state index contributed by atoms with van der Waals surface area (Å²) in [4.78, 5) is 14.0. The molecule has 2 aromatic heterocycles. The minimum Gasteiger partial charge on any atom is -0.442 e. The number of rotatable bonds is 5. The predicted octanol–water partition coefficient (Wildman–Crippen LogP) is 5.00. The molecule has 4 rings (SSSR count). The maximum absolute atomic E-state index is 12.7. The maximum Gasteiger partial charge on any atom is 0.349 e. The number of fused-ring (bicyclic) bond motifs is 1. The van der Waals surface area contributed by atoms with E-state index in [1.807, 2.05) is 73.1 Å². The van der Waals surface area contributed by atoms with Crippen LogP contribution in [0, 0.1) is 25.2 Å². The van der Waals surface area contributed by atoms with Crippen LogP contribution in [0.2, 0.25) is 0 Å². The number of carbonyl (C=O) groups is 1. The number of thiophene rings is 1. The van der Waals surface area contributed by atoms with E-state index in [9.17, 15) is 10.1 Å². The van der Waals surface area contributed by atoms with E-state index in [4.69, 9.17) is 4.74 Å². The Bertz CT molecular complexity index is 1200. The van der Waals surface area contributed by atoms with E-state index >= 15 is 0 Å². The first-order valence-electron chi connectivity index (χ1n) is 9.26. The van der Waals surface area contributed by atoms with Gasteiger partial charge in [0.15, 0.2) is 6.10 Å². The molecule has 2 aromatic carbocycles. The first-order chi connectivity index (χ1) is 14.0.